The van der Waals surface area contributed by atoms with Crippen LogP contribution in [0.3, 0.4) is 0 Å². The van der Waals surface area contributed by atoms with Crippen molar-refractivity contribution in [2.75, 3.05) is 6.61 Å². The maximum Gasteiger partial charge on any atom is 0.154 e. The monoisotopic (exact) mass is 184 g/mol. The van der Waals surface area contributed by atoms with Crippen molar-refractivity contribution in [2.24, 2.45) is 0 Å². The van der Waals surface area contributed by atoms with Crippen molar-refractivity contribution in [1.29, 1.82) is 0 Å². The summed E-state index contributed by atoms with van der Waals surface area (Å²) in [4.78, 5) is 3.58. The molecular weight excluding hydrogens is 171 g/mol. The quantitative estimate of drug-likeness (QED) is 0.322. The van der Waals surface area contributed by atoms with Gasteiger partial charge in [-0.3, -0.25) is 5.26 Å². The number of hydrogen-bond acceptors (Lipinski definition) is 5. The van der Waals surface area contributed by atoms with Crippen molar-refractivity contribution in [1.82, 2.24) is 0 Å². The maximum atomic E-state index is 12.7. The third-order valence-corrected chi connectivity index (χ3v) is 1.48. The smallest absolute Gasteiger partial charge is 0.154 e. The summed E-state index contributed by atoms with van der Waals surface area (Å²) in [5, 5.41) is 34.1. The lowest BCUT2D eigenvalue weighted by Gasteiger charge is -2.22. The number of rotatable bonds is 5. The summed E-state index contributed by atoms with van der Waals surface area (Å²) < 4.78 is 12.7. The van der Waals surface area contributed by atoms with E-state index in [4.69, 9.17) is 20.6 Å². The van der Waals surface area contributed by atoms with Crippen LogP contribution in [0.1, 0.15) is 6.92 Å². The van der Waals surface area contributed by atoms with Crippen LogP contribution in [0, 0.1) is 0 Å². The predicted molar refractivity (Wildman–Crippen MR) is 37.2 cm³/mol. The van der Waals surface area contributed by atoms with Crippen LogP contribution in [0.4, 0.5) is 4.39 Å². The molecule has 0 radical (unpaired) electrons. The van der Waals surface area contributed by atoms with E-state index in [-0.39, 0.29) is 0 Å². The Morgan fingerprint density at radius 2 is 1.92 bits per heavy atom. The molecule has 0 aromatic rings. The standard InChI is InChI=1S/C6H13FO5/c1-3(9)5(7)6(10)4(2-8)12-11/h3-6,8-11H,2H2,1H3. The summed E-state index contributed by atoms with van der Waals surface area (Å²) in [6, 6.07) is 0. The molecule has 0 aromatic heterocycles. The topological polar surface area (TPSA) is 90.2 Å². The Kier molecular flexibility index (Phi) is 5.27. The second kappa shape index (κ2) is 5.39. The second-order valence-corrected chi connectivity index (χ2v) is 2.50. The van der Waals surface area contributed by atoms with Crippen molar-refractivity contribution in [3.05, 3.63) is 0 Å². The Balaban J connectivity index is 4.05. The number of aliphatic hydroxyl groups is 3. The summed E-state index contributed by atoms with van der Waals surface area (Å²) in [5.74, 6) is 0. The van der Waals surface area contributed by atoms with Gasteiger partial charge >= 0.3 is 0 Å². The molecule has 6 heteroatoms. The fourth-order valence-corrected chi connectivity index (χ4v) is 0.694. The number of halogens is 1. The Morgan fingerprint density at radius 3 is 2.17 bits per heavy atom. The molecule has 0 fully saturated rings. The molecule has 4 unspecified atom stereocenters. The molecule has 0 saturated heterocycles. The van der Waals surface area contributed by atoms with Crippen molar-refractivity contribution in [3.8, 4) is 0 Å². The van der Waals surface area contributed by atoms with E-state index in [9.17, 15) is 4.39 Å². The fraction of sp³-hybridized carbons (Fsp3) is 1.00. The van der Waals surface area contributed by atoms with Crippen LogP contribution in [0.2, 0.25) is 0 Å². The molecule has 4 atom stereocenters. The van der Waals surface area contributed by atoms with Crippen molar-refractivity contribution in [3.63, 3.8) is 0 Å². The Bertz CT molecular complexity index is 115. The van der Waals surface area contributed by atoms with Crippen LogP contribution in [0.15, 0.2) is 0 Å². The molecule has 12 heavy (non-hydrogen) atoms. The third kappa shape index (κ3) is 3.00. The van der Waals surface area contributed by atoms with E-state index in [1.54, 1.807) is 0 Å². The van der Waals surface area contributed by atoms with Crippen LogP contribution >= 0.6 is 0 Å². The summed E-state index contributed by atoms with van der Waals surface area (Å²) in [6.07, 6.45) is -6.53. The van der Waals surface area contributed by atoms with E-state index in [0.717, 1.165) is 6.92 Å². The van der Waals surface area contributed by atoms with Gasteiger partial charge in [-0.05, 0) is 6.92 Å². The molecule has 0 aliphatic rings. The van der Waals surface area contributed by atoms with Gasteiger partial charge < -0.3 is 15.3 Å². The van der Waals surface area contributed by atoms with Crippen molar-refractivity contribution in [2.45, 2.75) is 31.4 Å². The minimum atomic E-state index is -1.96. The van der Waals surface area contributed by atoms with Gasteiger partial charge in [0.05, 0.1) is 12.7 Å². The van der Waals surface area contributed by atoms with Crippen LogP contribution in [0.5, 0.6) is 0 Å². The lowest BCUT2D eigenvalue weighted by Crippen LogP contribution is -2.43. The van der Waals surface area contributed by atoms with Crippen molar-refractivity contribution >= 4 is 0 Å². The summed E-state index contributed by atoms with van der Waals surface area (Å²) in [7, 11) is 0. The Morgan fingerprint density at radius 1 is 1.42 bits per heavy atom. The zero-order chi connectivity index (χ0) is 9.72. The molecule has 74 valence electrons. The van der Waals surface area contributed by atoms with Crippen molar-refractivity contribution < 1.29 is 29.9 Å². The lowest BCUT2D eigenvalue weighted by atomic mass is 10.1. The average Bonchev–Trinajstić information content (AvgIpc) is 2.05. The summed E-state index contributed by atoms with van der Waals surface area (Å²) >= 11 is 0. The van der Waals surface area contributed by atoms with Gasteiger partial charge in [0.15, 0.2) is 6.17 Å². The van der Waals surface area contributed by atoms with Gasteiger partial charge in [0.2, 0.25) is 0 Å². The van der Waals surface area contributed by atoms with Crippen LogP contribution < -0.4 is 0 Å². The molecule has 0 bridgehead atoms. The molecule has 5 nitrogen and oxygen atoms in total. The highest BCUT2D eigenvalue weighted by Gasteiger charge is 2.31. The lowest BCUT2D eigenvalue weighted by molar-refractivity contribution is -0.309. The van der Waals surface area contributed by atoms with E-state index >= 15 is 0 Å². The Labute approximate surface area is 68.9 Å². The first-order chi connectivity index (χ1) is 5.54. The molecule has 0 saturated carbocycles. The summed E-state index contributed by atoms with van der Waals surface area (Å²) in [6.45, 7) is 0.407. The second-order valence-electron chi connectivity index (χ2n) is 2.50. The molecule has 0 aromatic carbocycles. The predicted octanol–water partition coefficient (Wildman–Crippen LogP) is -1.08. The van der Waals surface area contributed by atoms with Gasteiger partial charge in [0.25, 0.3) is 0 Å². The van der Waals surface area contributed by atoms with Gasteiger partial charge in [-0.2, -0.15) is 0 Å². The number of aliphatic hydroxyl groups excluding tert-OH is 3. The average molecular weight is 184 g/mol. The third-order valence-electron chi connectivity index (χ3n) is 1.48. The summed E-state index contributed by atoms with van der Waals surface area (Å²) in [5.41, 5.74) is 0. The zero-order valence-corrected chi connectivity index (χ0v) is 6.59. The first-order valence-corrected chi connectivity index (χ1v) is 3.45. The van der Waals surface area contributed by atoms with E-state index in [2.05, 4.69) is 4.89 Å². The number of alkyl halides is 1. The zero-order valence-electron chi connectivity index (χ0n) is 6.59. The largest absolute Gasteiger partial charge is 0.393 e. The minimum Gasteiger partial charge on any atom is -0.393 e. The molecule has 4 N–H and O–H groups in total. The SMILES string of the molecule is CC(O)C(F)C(O)C(CO)OO. The minimum absolute atomic E-state index is 0.731. The van der Waals surface area contributed by atoms with Gasteiger partial charge in [-0.15, -0.1) is 0 Å². The molecule has 0 heterocycles. The van der Waals surface area contributed by atoms with E-state index in [0.29, 0.717) is 0 Å². The normalized spacial score (nSPS) is 21.5. The van der Waals surface area contributed by atoms with Gasteiger partial charge in [-0.25, -0.2) is 9.28 Å². The highest BCUT2D eigenvalue weighted by atomic mass is 19.1. The number of hydrogen-bond donors (Lipinski definition) is 4. The highest BCUT2D eigenvalue weighted by Crippen LogP contribution is 2.10. The first-order valence-electron chi connectivity index (χ1n) is 3.45. The first kappa shape index (κ1) is 11.7. The van der Waals surface area contributed by atoms with E-state index in [1.807, 2.05) is 0 Å². The molecule has 0 aliphatic carbocycles. The van der Waals surface area contributed by atoms with Gasteiger partial charge in [0, 0.05) is 0 Å². The fourth-order valence-electron chi connectivity index (χ4n) is 0.694. The van der Waals surface area contributed by atoms with Gasteiger partial charge in [0.1, 0.15) is 12.2 Å². The molecule has 0 spiro atoms. The van der Waals surface area contributed by atoms with Crippen LogP contribution in [0.25, 0.3) is 0 Å². The van der Waals surface area contributed by atoms with E-state index < -0.39 is 31.1 Å². The molecule has 0 aliphatic heterocycles. The highest BCUT2D eigenvalue weighted by molar-refractivity contribution is 4.79. The maximum absolute atomic E-state index is 12.7. The van der Waals surface area contributed by atoms with E-state index in [1.165, 1.54) is 0 Å². The van der Waals surface area contributed by atoms with Crippen LogP contribution in [-0.4, -0.2) is 51.7 Å². The molecule has 0 rings (SSSR count). The van der Waals surface area contributed by atoms with Crippen LogP contribution in [-0.2, 0) is 4.89 Å². The van der Waals surface area contributed by atoms with Gasteiger partial charge in [-0.1, -0.05) is 0 Å². The Hall–Kier alpha value is -0.270. The molecular formula is C6H13FO5. The molecule has 0 amide bonds.